The molecule has 0 radical (unpaired) electrons. The third kappa shape index (κ3) is 1.83. The highest BCUT2D eigenvalue weighted by Gasteiger charge is 2.16. The Morgan fingerprint density at radius 1 is 1.62 bits per heavy atom. The Morgan fingerprint density at radius 2 is 2.44 bits per heavy atom. The van der Waals surface area contributed by atoms with Gasteiger partial charge >= 0.3 is 5.97 Å². The van der Waals surface area contributed by atoms with Crippen LogP contribution in [0.3, 0.4) is 0 Å². The number of aromatic nitrogens is 1. The number of esters is 1. The van der Waals surface area contributed by atoms with Gasteiger partial charge in [-0.15, -0.1) is 11.3 Å². The minimum atomic E-state index is -0.278. The third-order valence-electron chi connectivity index (χ3n) is 2.36. The maximum Gasteiger partial charge on any atom is 0.355 e. The molecular formula is C11H14N2O2S. The molecule has 0 amide bonds. The Bertz CT molecular complexity index is 501. The summed E-state index contributed by atoms with van der Waals surface area (Å²) in [5, 5.41) is 2.01. The summed E-state index contributed by atoms with van der Waals surface area (Å²) in [6, 6.07) is 3.87. The Morgan fingerprint density at radius 3 is 3.12 bits per heavy atom. The van der Waals surface area contributed by atoms with Crippen molar-refractivity contribution in [2.75, 3.05) is 13.2 Å². The maximum absolute atomic E-state index is 11.7. The zero-order valence-electron chi connectivity index (χ0n) is 9.10. The second-order valence-corrected chi connectivity index (χ2v) is 4.31. The molecule has 2 aromatic rings. The Labute approximate surface area is 97.6 Å². The second kappa shape index (κ2) is 4.67. The fourth-order valence-electron chi connectivity index (χ4n) is 1.72. The SMILES string of the molecule is CCOC(=O)c1cc2sccc2n1CCN. The largest absolute Gasteiger partial charge is 0.461 e. The molecule has 16 heavy (non-hydrogen) atoms. The van der Waals surface area contributed by atoms with Crippen molar-refractivity contribution < 1.29 is 9.53 Å². The van der Waals surface area contributed by atoms with Crippen LogP contribution in [0.1, 0.15) is 17.4 Å². The lowest BCUT2D eigenvalue weighted by Gasteiger charge is -2.07. The molecule has 0 bridgehead atoms. The van der Waals surface area contributed by atoms with Crippen LogP contribution in [0.5, 0.6) is 0 Å². The highest BCUT2D eigenvalue weighted by molar-refractivity contribution is 7.17. The summed E-state index contributed by atoms with van der Waals surface area (Å²) in [4.78, 5) is 11.7. The number of hydrogen-bond acceptors (Lipinski definition) is 4. The number of nitrogens with two attached hydrogens (primary N) is 1. The average Bonchev–Trinajstić information content (AvgIpc) is 2.81. The maximum atomic E-state index is 11.7. The van der Waals surface area contributed by atoms with Crippen LogP contribution >= 0.6 is 11.3 Å². The molecule has 0 saturated heterocycles. The van der Waals surface area contributed by atoms with E-state index in [0.29, 0.717) is 25.4 Å². The van der Waals surface area contributed by atoms with Gasteiger partial charge in [0.1, 0.15) is 5.69 Å². The molecule has 0 atom stereocenters. The molecule has 0 fully saturated rings. The summed E-state index contributed by atoms with van der Waals surface area (Å²) >= 11 is 1.61. The first-order valence-electron chi connectivity index (χ1n) is 5.21. The van der Waals surface area contributed by atoms with E-state index in [4.69, 9.17) is 10.5 Å². The van der Waals surface area contributed by atoms with Crippen LogP contribution in [0.4, 0.5) is 0 Å². The van der Waals surface area contributed by atoms with Crippen molar-refractivity contribution in [2.24, 2.45) is 5.73 Å². The zero-order chi connectivity index (χ0) is 11.5. The van der Waals surface area contributed by atoms with Gasteiger partial charge in [0.15, 0.2) is 0 Å². The van der Waals surface area contributed by atoms with E-state index in [1.807, 2.05) is 22.1 Å². The van der Waals surface area contributed by atoms with Crippen LogP contribution in [0.25, 0.3) is 10.2 Å². The molecule has 0 aliphatic heterocycles. The number of rotatable bonds is 4. The smallest absolute Gasteiger partial charge is 0.355 e. The average molecular weight is 238 g/mol. The first-order valence-corrected chi connectivity index (χ1v) is 6.09. The van der Waals surface area contributed by atoms with Crippen molar-refractivity contribution in [3.8, 4) is 0 Å². The van der Waals surface area contributed by atoms with Crippen molar-refractivity contribution in [1.82, 2.24) is 4.57 Å². The molecule has 2 rings (SSSR count). The van der Waals surface area contributed by atoms with E-state index in [9.17, 15) is 4.79 Å². The van der Waals surface area contributed by atoms with Crippen LogP contribution in [-0.2, 0) is 11.3 Å². The first-order chi connectivity index (χ1) is 7.77. The fourth-order valence-corrected chi connectivity index (χ4v) is 2.54. The molecule has 0 saturated carbocycles. The van der Waals surface area contributed by atoms with Gasteiger partial charge in [-0.1, -0.05) is 0 Å². The number of carbonyl (C=O) groups is 1. The Kier molecular flexibility index (Phi) is 3.26. The van der Waals surface area contributed by atoms with Gasteiger partial charge < -0.3 is 15.0 Å². The van der Waals surface area contributed by atoms with Gasteiger partial charge in [0.05, 0.1) is 16.8 Å². The minimum absolute atomic E-state index is 0.278. The monoisotopic (exact) mass is 238 g/mol. The minimum Gasteiger partial charge on any atom is -0.461 e. The Hall–Kier alpha value is -1.33. The normalized spacial score (nSPS) is 10.9. The van der Waals surface area contributed by atoms with Gasteiger partial charge in [0.2, 0.25) is 0 Å². The number of ether oxygens (including phenoxy) is 1. The number of hydrogen-bond donors (Lipinski definition) is 1. The van der Waals surface area contributed by atoms with E-state index >= 15 is 0 Å². The third-order valence-corrected chi connectivity index (χ3v) is 3.21. The summed E-state index contributed by atoms with van der Waals surface area (Å²) in [5.41, 5.74) is 7.20. The van der Waals surface area contributed by atoms with Crippen molar-refractivity contribution in [2.45, 2.75) is 13.5 Å². The Balaban J connectivity index is 2.46. The molecule has 2 aromatic heterocycles. The lowest BCUT2D eigenvalue weighted by Crippen LogP contribution is -2.16. The molecule has 0 spiro atoms. The highest BCUT2D eigenvalue weighted by Crippen LogP contribution is 2.25. The zero-order valence-corrected chi connectivity index (χ0v) is 9.92. The van der Waals surface area contributed by atoms with Gasteiger partial charge in [-0.2, -0.15) is 0 Å². The van der Waals surface area contributed by atoms with Crippen molar-refractivity contribution in [3.63, 3.8) is 0 Å². The topological polar surface area (TPSA) is 57.2 Å². The molecule has 0 unspecified atom stereocenters. The van der Waals surface area contributed by atoms with Crippen molar-refractivity contribution in [1.29, 1.82) is 0 Å². The first kappa shape index (κ1) is 11.2. The van der Waals surface area contributed by atoms with Gasteiger partial charge in [0.25, 0.3) is 0 Å². The molecule has 0 aromatic carbocycles. The van der Waals surface area contributed by atoms with E-state index in [1.165, 1.54) is 0 Å². The summed E-state index contributed by atoms with van der Waals surface area (Å²) in [7, 11) is 0. The van der Waals surface area contributed by atoms with Crippen LogP contribution < -0.4 is 5.73 Å². The van der Waals surface area contributed by atoms with E-state index in [2.05, 4.69) is 0 Å². The second-order valence-electron chi connectivity index (χ2n) is 3.36. The number of carbonyl (C=O) groups excluding carboxylic acids is 1. The van der Waals surface area contributed by atoms with E-state index in [-0.39, 0.29) is 5.97 Å². The van der Waals surface area contributed by atoms with Crippen molar-refractivity contribution in [3.05, 3.63) is 23.2 Å². The van der Waals surface area contributed by atoms with E-state index in [1.54, 1.807) is 18.3 Å². The highest BCUT2D eigenvalue weighted by atomic mass is 32.1. The predicted octanol–water partition coefficient (Wildman–Crippen LogP) is 1.84. The molecule has 4 nitrogen and oxygen atoms in total. The molecule has 0 aliphatic carbocycles. The van der Waals surface area contributed by atoms with E-state index < -0.39 is 0 Å². The fraction of sp³-hybridized carbons (Fsp3) is 0.364. The van der Waals surface area contributed by atoms with Crippen molar-refractivity contribution >= 4 is 27.5 Å². The van der Waals surface area contributed by atoms with Gasteiger partial charge in [-0.25, -0.2) is 4.79 Å². The van der Waals surface area contributed by atoms with Crippen LogP contribution in [-0.4, -0.2) is 23.7 Å². The van der Waals surface area contributed by atoms with E-state index in [0.717, 1.165) is 10.2 Å². The standard InChI is InChI=1S/C11H14N2O2S/c1-2-15-11(14)9-7-10-8(3-6-16-10)13(9)5-4-12/h3,6-7H,2,4-5,12H2,1H3. The molecule has 2 heterocycles. The molecule has 86 valence electrons. The molecule has 5 heteroatoms. The molecular weight excluding hydrogens is 224 g/mol. The summed E-state index contributed by atoms with van der Waals surface area (Å²) < 4.78 is 8.03. The van der Waals surface area contributed by atoms with Crippen LogP contribution in [0.2, 0.25) is 0 Å². The van der Waals surface area contributed by atoms with Gasteiger partial charge in [-0.3, -0.25) is 0 Å². The van der Waals surface area contributed by atoms with Gasteiger partial charge in [0, 0.05) is 13.1 Å². The summed E-state index contributed by atoms with van der Waals surface area (Å²) in [5.74, 6) is -0.278. The summed E-state index contributed by atoms with van der Waals surface area (Å²) in [6.07, 6.45) is 0. The quantitative estimate of drug-likeness (QED) is 0.827. The predicted molar refractivity (Wildman–Crippen MR) is 64.8 cm³/mol. The van der Waals surface area contributed by atoms with Crippen LogP contribution in [0.15, 0.2) is 17.5 Å². The number of fused-ring (bicyclic) bond motifs is 1. The number of thiophene rings is 1. The van der Waals surface area contributed by atoms with Gasteiger partial charge in [-0.05, 0) is 24.4 Å². The lowest BCUT2D eigenvalue weighted by molar-refractivity contribution is 0.0514. The lowest BCUT2D eigenvalue weighted by atomic mass is 10.4. The number of nitrogens with zero attached hydrogens (tertiary/aromatic N) is 1. The van der Waals surface area contributed by atoms with Crippen LogP contribution in [0, 0.1) is 0 Å². The summed E-state index contributed by atoms with van der Waals surface area (Å²) in [6.45, 7) is 3.33. The molecule has 2 N–H and O–H groups in total. The molecule has 0 aliphatic rings.